The number of halogens is 1. The summed E-state index contributed by atoms with van der Waals surface area (Å²) >= 11 is 6.05. The number of benzene rings is 2. The Bertz CT molecular complexity index is 991. The van der Waals surface area contributed by atoms with Crippen LogP contribution >= 0.6 is 11.6 Å². The molecule has 0 aliphatic rings. The molecular formula is C22H25ClN2O5. The van der Waals surface area contributed by atoms with Crippen molar-refractivity contribution in [3.63, 3.8) is 0 Å². The Kier molecular flexibility index (Phi) is 7.57. The SMILES string of the molecule is CC(Cc1c[nH]c2c(OCC(=O)O)cccc12)NCC(O)COc1ccccc1Cl. The molecule has 4 N–H and O–H groups in total. The van der Waals surface area contributed by atoms with Crippen molar-refractivity contribution in [2.45, 2.75) is 25.5 Å². The molecule has 160 valence electrons. The molecule has 2 unspecified atom stereocenters. The fraction of sp³-hybridized carbons (Fsp3) is 0.318. The molecule has 0 amide bonds. The van der Waals surface area contributed by atoms with Gasteiger partial charge in [-0.05, 0) is 37.1 Å². The first-order valence-corrected chi connectivity index (χ1v) is 10.0. The van der Waals surface area contributed by atoms with Crippen LogP contribution in [0.4, 0.5) is 0 Å². The van der Waals surface area contributed by atoms with Crippen molar-refractivity contribution >= 4 is 28.5 Å². The van der Waals surface area contributed by atoms with Crippen LogP contribution in [-0.4, -0.2) is 53.1 Å². The lowest BCUT2D eigenvalue weighted by atomic mass is 10.1. The van der Waals surface area contributed by atoms with Crippen molar-refractivity contribution in [1.82, 2.24) is 10.3 Å². The third kappa shape index (κ3) is 5.89. The van der Waals surface area contributed by atoms with Gasteiger partial charge in [0.15, 0.2) is 6.61 Å². The van der Waals surface area contributed by atoms with E-state index in [9.17, 15) is 9.90 Å². The zero-order valence-corrected chi connectivity index (χ0v) is 17.4. The number of aromatic nitrogens is 1. The monoisotopic (exact) mass is 432 g/mol. The Balaban J connectivity index is 1.51. The number of aliphatic hydroxyl groups is 1. The number of rotatable bonds is 11. The first-order chi connectivity index (χ1) is 14.4. The summed E-state index contributed by atoms with van der Waals surface area (Å²) in [6.45, 7) is 2.16. The minimum absolute atomic E-state index is 0.0996. The normalized spacial score (nSPS) is 13.2. The first kappa shape index (κ1) is 22.0. The number of hydrogen-bond donors (Lipinski definition) is 4. The van der Waals surface area contributed by atoms with Gasteiger partial charge in [0, 0.05) is 24.2 Å². The Morgan fingerprint density at radius 1 is 1.17 bits per heavy atom. The Morgan fingerprint density at radius 2 is 1.93 bits per heavy atom. The molecule has 0 aliphatic heterocycles. The summed E-state index contributed by atoms with van der Waals surface area (Å²) < 4.78 is 10.9. The Morgan fingerprint density at radius 3 is 2.70 bits per heavy atom. The number of hydrogen-bond acceptors (Lipinski definition) is 5. The van der Waals surface area contributed by atoms with E-state index >= 15 is 0 Å². The van der Waals surface area contributed by atoms with E-state index in [0.717, 1.165) is 22.9 Å². The van der Waals surface area contributed by atoms with Crippen molar-refractivity contribution in [2.75, 3.05) is 19.8 Å². The largest absolute Gasteiger partial charge is 0.489 e. The van der Waals surface area contributed by atoms with Gasteiger partial charge in [0.05, 0.1) is 10.5 Å². The molecule has 7 nitrogen and oxygen atoms in total. The Hall–Kier alpha value is -2.74. The van der Waals surface area contributed by atoms with Crippen molar-refractivity contribution in [3.05, 3.63) is 59.2 Å². The van der Waals surface area contributed by atoms with Gasteiger partial charge in [-0.1, -0.05) is 35.9 Å². The highest BCUT2D eigenvalue weighted by atomic mass is 35.5. The van der Waals surface area contributed by atoms with Crippen molar-refractivity contribution < 1.29 is 24.5 Å². The zero-order valence-electron chi connectivity index (χ0n) is 16.6. The van der Waals surface area contributed by atoms with Gasteiger partial charge in [-0.15, -0.1) is 0 Å². The number of aliphatic carboxylic acids is 1. The van der Waals surface area contributed by atoms with Crippen LogP contribution in [0.3, 0.4) is 0 Å². The number of carboxylic acids is 1. The minimum Gasteiger partial charge on any atom is -0.489 e. The molecule has 30 heavy (non-hydrogen) atoms. The maximum Gasteiger partial charge on any atom is 0.341 e. The number of nitrogens with one attached hydrogen (secondary N) is 2. The molecule has 0 radical (unpaired) electrons. The van der Waals surface area contributed by atoms with Crippen molar-refractivity contribution in [1.29, 1.82) is 0 Å². The molecule has 0 saturated carbocycles. The van der Waals surface area contributed by atoms with Gasteiger partial charge < -0.3 is 30.0 Å². The minimum atomic E-state index is -1.02. The second-order valence-corrected chi connectivity index (χ2v) is 7.49. The second kappa shape index (κ2) is 10.3. The lowest BCUT2D eigenvalue weighted by molar-refractivity contribution is -0.139. The predicted octanol–water partition coefficient (Wildman–Crippen LogP) is 3.25. The van der Waals surface area contributed by atoms with Gasteiger partial charge in [0.2, 0.25) is 0 Å². The topological polar surface area (TPSA) is 104 Å². The van der Waals surface area contributed by atoms with Crippen LogP contribution in [0.1, 0.15) is 12.5 Å². The van der Waals surface area contributed by atoms with Gasteiger partial charge >= 0.3 is 5.97 Å². The highest BCUT2D eigenvalue weighted by molar-refractivity contribution is 6.32. The van der Waals surface area contributed by atoms with Gasteiger partial charge in [-0.25, -0.2) is 4.79 Å². The summed E-state index contributed by atoms with van der Waals surface area (Å²) in [6, 6.07) is 12.8. The third-order valence-corrected chi connectivity index (χ3v) is 4.92. The van der Waals surface area contributed by atoms with Crippen molar-refractivity contribution in [2.24, 2.45) is 0 Å². The van der Waals surface area contributed by atoms with Crippen LogP contribution in [0.15, 0.2) is 48.7 Å². The van der Waals surface area contributed by atoms with E-state index in [0.29, 0.717) is 23.1 Å². The molecule has 1 aromatic heterocycles. The number of ether oxygens (including phenoxy) is 2. The van der Waals surface area contributed by atoms with Crippen LogP contribution in [-0.2, 0) is 11.2 Å². The second-order valence-electron chi connectivity index (χ2n) is 7.08. The molecule has 3 rings (SSSR count). The maximum absolute atomic E-state index is 10.8. The molecule has 1 heterocycles. The number of carbonyl (C=O) groups is 1. The van der Waals surface area contributed by atoms with Gasteiger partial charge in [-0.2, -0.15) is 0 Å². The molecule has 8 heteroatoms. The summed E-state index contributed by atoms with van der Waals surface area (Å²) in [5.74, 6) is 0.0357. The molecule has 0 saturated heterocycles. The Labute approximate surface area is 179 Å². The summed E-state index contributed by atoms with van der Waals surface area (Å²) in [5, 5.41) is 23.8. The van der Waals surface area contributed by atoms with E-state index in [2.05, 4.69) is 10.3 Å². The molecule has 3 aromatic rings. The van der Waals surface area contributed by atoms with Crippen LogP contribution < -0.4 is 14.8 Å². The number of aromatic amines is 1. The van der Waals surface area contributed by atoms with Crippen LogP contribution in [0.25, 0.3) is 10.9 Å². The molecule has 0 spiro atoms. The number of para-hydroxylation sites is 2. The third-order valence-electron chi connectivity index (χ3n) is 4.61. The van der Waals surface area contributed by atoms with E-state index < -0.39 is 12.1 Å². The fourth-order valence-corrected chi connectivity index (χ4v) is 3.35. The van der Waals surface area contributed by atoms with E-state index in [1.807, 2.05) is 37.4 Å². The summed E-state index contributed by atoms with van der Waals surface area (Å²) in [4.78, 5) is 13.9. The van der Waals surface area contributed by atoms with Gasteiger partial charge in [-0.3, -0.25) is 0 Å². The first-order valence-electron chi connectivity index (χ1n) is 9.66. The maximum atomic E-state index is 10.8. The van der Waals surface area contributed by atoms with Gasteiger partial charge in [0.1, 0.15) is 24.2 Å². The van der Waals surface area contributed by atoms with Gasteiger partial charge in [0.25, 0.3) is 0 Å². The molecule has 2 atom stereocenters. The van der Waals surface area contributed by atoms with Crippen LogP contribution in [0, 0.1) is 0 Å². The number of aliphatic hydroxyl groups excluding tert-OH is 1. The molecule has 0 fully saturated rings. The molecule has 0 aliphatic carbocycles. The van der Waals surface area contributed by atoms with E-state index in [-0.39, 0.29) is 19.3 Å². The molecular weight excluding hydrogens is 408 g/mol. The van der Waals surface area contributed by atoms with Crippen LogP contribution in [0.5, 0.6) is 11.5 Å². The summed E-state index contributed by atoms with van der Waals surface area (Å²) in [7, 11) is 0. The smallest absolute Gasteiger partial charge is 0.341 e. The lowest BCUT2D eigenvalue weighted by Crippen LogP contribution is -2.37. The van der Waals surface area contributed by atoms with E-state index in [1.54, 1.807) is 18.2 Å². The zero-order chi connectivity index (χ0) is 21.5. The molecule has 0 bridgehead atoms. The van der Waals surface area contributed by atoms with E-state index in [4.69, 9.17) is 26.2 Å². The standard InChI is InChI=1S/C22H25ClN2O5/c1-14(24-11-16(26)12-29-19-7-3-2-6-18(19)23)9-15-10-25-22-17(15)5-4-8-20(22)30-13-21(27)28/h2-8,10,14,16,24-26H,9,11-13H2,1H3,(H,27,28). The van der Waals surface area contributed by atoms with E-state index in [1.165, 1.54) is 0 Å². The number of carboxylic acid groups (broad SMARTS) is 1. The quantitative estimate of drug-likeness (QED) is 0.371. The average Bonchev–Trinajstić information content (AvgIpc) is 3.13. The summed E-state index contributed by atoms with van der Waals surface area (Å²) in [5.41, 5.74) is 1.85. The van der Waals surface area contributed by atoms with Crippen LogP contribution in [0.2, 0.25) is 5.02 Å². The van der Waals surface area contributed by atoms with Crippen molar-refractivity contribution in [3.8, 4) is 11.5 Å². The average molecular weight is 433 g/mol. The summed E-state index contributed by atoms with van der Waals surface area (Å²) in [6.07, 6.45) is 1.94. The lowest BCUT2D eigenvalue weighted by Gasteiger charge is -2.18. The predicted molar refractivity (Wildman–Crippen MR) is 116 cm³/mol. The molecule has 2 aromatic carbocycles. The highest BCUT2D eigenvalue weighted by Crippen LogP contribution is 2.28. The number of fused-ring (bicyclic) bond motifs is 1. The highest BCUT2D eigenvalue weighted by Gasteiger charge is 2.14. The number of H-pyrrole nitrogens is 1. The fourth-order valence-electron chi connectivity index (χ4n) is 3.16.